The molecule has 1 heterocycles. The number of carbonyl (C=O) groups is 1. The molecule has 0 saturated heterocycles. The first-order chi connectivity index (χ1) is 14.7. The van der Waals surface area contributed by atoms with Crippen LogP contribution in [0.1, 0.15) is 35.0 Å². The zero-order valence-corrected chi connectivity index (χ0v) is 18.3. The molecule has 9 heteroatoms. The highest BCUT2D eigenvalue weighted by Crippen LogP contribution is 2.35. The minimum absolute atomic E-state index is 0.0310. The molecule has 162 valence electrons. The van der Waals surface area contributed by atoms with Crippen LogP contribution in [0.4, 0.5) is 11.5 Å². The van der Waals surface area contributed by atoms with Gasteiger partial charge in [-0.3, -0.25) is 14.9 Å². The third kappa shape index (κ3) is 4.22. The van der Waals surface area contributed by atoms with E-state index in [0.717, 1.165) is 18.2 Å². The highest BCUT2D eigenvalue weighted by Gasteiger charge is 2.30. The van der Waals surface area contributed by atoms with Crippen LogP contribution in [0.3, 0.4) is 0 Å². The molecule has 8 nitrogen and oxygen atoms in total. The molecule has 1 N–H and O–H groups in total. The van der Waals surface area contributed by atoms with Gasteiger partial charge in [-0.25, -0.2) is 8.42 Å². The maximum Gasteiger partial charge on any atom is 0.270 e. The molecule has 0 unspecified atom stereocenters. The lowest BCUT2D eigenvalue weighted by Gasteiger charge is -2.14. The second-order valence-electron chi connectivity index (χ2n) is 7.12. The van der Waals surface area contributed by atoms with Crippen LogP contribution in [0.15, 0.2) is 64.4 Å². The number of nitro groups is 1. The number of anilines is 1. The molecule has 0 radical (unpaired) electrons. The molecule has 0 bridgehead atoms. The van der Waals surface area contributed by atoms with Crippen molar-refractivity contribution in [2.75, 3.05) is 5.32 Å². The fraction of sp³-hybridized carbons (Fsp3) is 0.227. The highest BCUT2D eigenvalue weighted by molar-refractivity contribution is 7.91. The van der Waals surface area contributed by atoms with E-state index in [4.69, 9.17) is 0 Å². The molecule has 0 saturated carbocycles. The van der Waals surface area contributed by atoms with E-state index < -0.39 is 20.7 Å². The Balaban J connectivity index is 2.15. The van der Waals surface area contributed by atoms with Crippen molar-refractivity contribution in [2.24, 2.45) is 0 Å². The number of non-ortho nitro benzene ring substituents is 1. The summed E-state index contributed by atoms with van der Waals surface area (Å²) in [4.78, 5) is 23.6. The number of nitrogens with one attached hydrogen (secondary N) is 1. The molecule has 3 rings (SSSR count). The molecule has 0 atom stereocenters. The molecular weight excluding hydrogens is 418 g/mol. The number of nitro benzene ring substituents is 1. The van der Waals surface area contributed by atoms with Gasteiger partial charge >= 0.3 is 0 Å². The third-order valence-electron chi connectivity index (χ3n) is 5.09. The zero-order valence-electron chi connectivity index (χ0n) is 17.5. The Labute approximate surface area is 180 Å². The summed E-state index contributed by atoms with van der Waals surface area (Å²) in [5, 5.41) is 13.8. The van der Waals surface area contributed by atoms with Gasteiger partial charge in [-0.15, -0.1) is 0 Å². The first kappa shape index (κ1) is 22.2. The summed E-state index contributed by atoms with van der Waals surface area (Å²) in [5.74, 6) is -0.458. The number of hydrogen-bond donors (Lipinski definition) is 1. The lowest BCUT2D eigenvalue weighted by molar-refractivity contribution is -0.384. The summed E-state index contributed by atoms with van der Waals surface area (Å²) in [5.41, 5.74) is 1.12. The van der Waals surface area contributed by atoms with Gasteiger partial charge in [-0.05, 0) is 44.0 Å². The molecule has 2 aromatic carbocycles. The van der Waals surface area contributed by atoms with Gasteiger partial charge < -0.3 is 9.88 Å². The molecule has 0 spiro atoms. The third-order valence-corrected chi connectivity index (χ3v) is 7.02. The first-order valence-corrected chi connectivity index (χ1v) is 11.2. The van der Waals surface area contributed by atoms with Gasteiger partial charge in [0.1, 0.15) is 10.7 Å². The lowest BCUT2D eigenvalue weighted by Crippen LogP contribution is -2.18. The Kier molecular flexibility index (Phi) is 6.26. The summed E-state index contributed by atoms with van der Waals surface area (Å²) in [6.07, 6.45) is 0.722. The van der Waals surface area contributed by atoms with Gasteiger partial charge in [0.15, 0.2) is 0 Å². The van der Waals surface area contributed by atoms with Crippen molar-refractivity contribution >= 4 is 27.2 Å². The van der Waals surface area contributed by atoms with E-state index in [1.165, 1.54) is 30.3 Å². The average molecular weight is 442 g/mol. The monoisotopic (exact) mass is 441 g/mol. The molecule has 0 aliphatic carbocycles. The highest BCUT2D eigenvalue weighted by atomic mass is 32.2. The van der Waals surface area contributed by atoms with E-state index in [0.29, 0.717) is 12.1 Å². The predicted molar refractivity (Wildman–Crippen MR) is 117 cm³/mol. The van der Waals surface area contributed by atoms with Crippen LogP contribution >= 0.6 is 0 Å². The standard InChI is InChI=1S/C22H23N3O5S/c1-4-13-24-16(3)15(2)20(31(29,30)19-11-6-5-7-12-19)21(24)23-22(26)17-9-8-10-18(14-17)25(27)28/h5-12,14H,4,13H2,1-3H3,(H,23,26). The minimum Gasteiger partial charge on any atom is -0.331 e. The predicted octanol–water partition coefficient (Wildman–Crippen LogP) is 4.51. The number of nitrogens with zero attached hydrogens (tertiary/aromatic N) is 2. The number of aromatic nitrogens is 1. The van der Waals surface area contributed by atoms with Crippen molar-refractivity contribution < 1.29 is 18.1 Å². The fourth-order valence-electron chi connectivity index (χ4n) is 3.45. The summed E-state index contributed by atoms with van der Waals surface area (Å²) in [7, 11) is -3.91. The van der Waals surface area contributed by atoms with Gasteiger partial charge in [0.25, 0.3) is 11.6 Å². The topological polar surface area (TPSA) is 111 Å². The Morgan fingerprint density at radius 1 is 1.10 bits per heavy atom. The SMILES string of the molecule is CCCn1c(C)c(C)c(S(=O)(=O)c2ccccc2)c1NC(=O)c1cccc([N+](=O)[O-])c1. The van der Waals surface area contributed by atoms with Gasteiger partial charge in [-0.1, -0.05) is 31.2 Å². The summed E-state index contributed by atoms with van der Waals surface area (Å²) in [6.45, 7) is 5.96. The fourth-order valence-corrected chi connectivity index (χ4v) is 5.17. The number of hydrogen-bond acceptors (Lipinski definition) is 5. The van der Waals surface area contributed by atoms with Gasteiger partial charge in [-0.2, -0.15) is 0 Å². The molecule has 31 heavy (non-hydrogen) atoms. The number of rotatable bonds is 7. The van der Waals surface area contributed by atoms with Crippen LogP contribution in [0, 0.1) is 24.0 Å². The molecule has 3 aromatic rings. The van der Waals surface area contributed by atoms with E-state index in [-0.39, 0.29) is 26.9 Å². The van der Waals surface area contributed by atoms with Crippen LogP contribution in [0.5, 0.6) is 0 Å². The molecule has 0 aliphatic heterocycles. The number of carbonyl (C=O) groups excluding carboxylic acids is 1. The summed E-state index contributed by atoms with van der Waals surface area (Å²) >= 11 is 0. The van der Waals surface area contributed by atoms with Crippen molar-refractivity contribution in [2.45, 2.75) is 43.5 Å². The van der Waals surface area contributed by atoms with E-state index in [1.54, 1.807) is 36.6 Å². The van der Waals surface area contributed by atoms with Crippen molar-refractivity contribution in [3.63, 3.8) is 0 Å². The van der Waals surface area contributed by atoms with Crippen molar-refractivity contribution in [3.8, 4) is 0 Å². The Bertz CT molecular complexity index is 1250. The lowest BCUT2D eigenvalue weighted by atomic mass is 10.2. The minimum atomic E-state index is -3.91. The van der Waals surface area contributed by atoms with E-state index in [9.17, 15) is 23.3 Å². The Hall–Kier alpha value is -3.46. The second-order valence-corrected chi connectivity index (χ2v) is 9.00. The van der Waals surface area contributed by atoms with Crippen LogP contribution < -0.4 is 5.32 Å². The van der Waals surface area contributed by atoms with Crippen LogP contribution in [-0.2, 0) is 16.4 Å². The number of sulfone groups is 1. The van der Waals surface area contributed by atoms with Gasteiger partial charge in [0.05, 0.1) is 9.82 Å². The number of benzene rings is 2. The normalized spacial score (nSPS) is 11.3. The van der Waals surface area contributed by atoms with Crippen LogP contribution in [0.2, 0.25) is 0 Å². The maximum atomic E-state index is 13.5. The molecule has 0 fully saturated rings. The van der Waals surface area contributed by atoms with Crippen LogP contribution in [-0.4, -0.2) is 23.8 Å². The van der Waals surface area contributed by atoms with E-state index >= 15 is 0 Å². The van der Waals surface area contributed by atoms with Crippen molar-refractivity contribution in [1.29, 1.82) is 0 Å². The first-order valence-electron chi connectivity index (χ1n) is 9.74. The zero-order chi connectivity index (χ0) is 22.8. The van der Waals surface area contributed by atoms with Crippen molar-refractivity contribution in [3.05, 3.63) is 81.5 Å². The summed E-state index contributed by atoms with van der Waals surface area (Å²) in [6, 6.07) is 13.3. The van der Waals surface area contributed by atoms with E-state index in [2.05, 4.69) is 5.32 Å². The molecular formula is C22H23N3O5S. The molecule has 1 amide bonds. The van der Waals surface area contributed by atoms with Crippen molar-refractivity contribution in [1.82, 2.24) is 4.57 Å². The molecule has 1 aromatic heterocycles. The van der Waals surface area contributed by atoms with Crippen LogP contribution in [0.25, 0.3) is 0 Å². The smallest absolute Gasteiger partial charge is 0.270 e. The quantitative estimate of drug-likeness (QED) is 0.428. The Morgan fingerprint density at radius 3 is 2.39 bits per heavy atom. The maximum absolute atomic E-state index is 13.5. The summed E-state index contributed by atoms with van der Waals surface area (Å²) < 4.78 is 28.7. The van der Waals surface area contributed by atoms with E-state index in [1.807, 2.05) is 6.92 Å². The van der Waals surface area contributed by atoms with Gasteiger partial charge in [0, 0.05) is 29.9 Å². The average Bonchev–Trinajstić information content (AvgIpc) is 2.99. The van der Waals surface area contributed by atoms with Gasteiger partial charge in [0.2, 0.25) is 9.84 Å². The largest absolute Gasteiger partial charge is 0.331 e. The Morgan fingerprint density at radius 2 is 1.77 bits per heavy atom. The number of amides is 1. The second kappa shape index (κ2) is 8.73. The molecule has 0 aliphatic rings.